The highest BCUT2D eigenvalue weighted by Gasteiger charge is 2.38. The van der Waals surface area contributed by atoms with Crippen LogP contribution in [-0.2, 0) is 9.47 Å². The first-order valence-electron chi connectivity index (χ1n) is 15.0. The SMILES string of the molecule is COCCN1C[C@@H](NC(=O)Nc2c(Cl)c([C@@H]3CCCN3C(=O)OC(C)(C)C)nn2-c2ccccc2)[C@H](c2ccc(F)c(F)c2)C1. The van der Waals surface area contributed by atoms with Crippen LogP contribution in [0.1, 0.15) is 56.8 Å². The maximum atomic E-state index is 14.2. The highest BCUT2D eigenvalue weighted by atomic mass is 35.5. The number of nitrogens with one attached hydrogen (secondary N) is 2. The number of benzene rings is 2. The van der Waals surface area contributed by atoms with Crippen LogP contribution in [0.15, 0.2) is 48.5 Å². The van der Waals surface area contributed by atoms with Gasteiger partial charge in [0.25, 0.3) is 0 Å². The maximum absolute atomic E-state index is 14.2. The van der Waals surface area contributed by atoms with Crippen LogP contribution in [0.5, 0.6) is 0 Å². The first-order chi connectivity index (χ1) is 21.4. The molecule has 45 heavy (non-hydrogen) atoms. The summed E-state index contributed by atoms with van der Waals surface area (Å²) in [5.41, 5.74) is 1.02. The molecule has 3 amide bonds. The van der Waals surface area contributed by atoms with Gasteiger partial charge in [0, 0.05) is 39.2 Å². The van der Waals surface area contributed by atoms with Gasteiger partial charge in [-0.15, -0.1) is 0 Å². The highest BCUT2D eigenvalue weighted by Crippen LogP contribution is 2.40. The number of hydrogen-bond acceptors (Lipinski definition) is 6. The van der Waals surface area contributed by atoms with E-state index in [2.05, 4.69) is 15.5 Å². The summed E-state index contributed by atoms with van der Waals surface area (Å²) < 4.78 is 40.3. The number of ether oxygens (including phenoxy) is 2. The van der Waals surface area contributed by atoms with E-state index in [0.29, 0.717) is 56.2 Å². The molecule has 0 saturated carbocycles. The number of likely N-dealkylation sites (tertiary alicyclic amines) is 2. The topological polar surface area (TPSA) is 101 Å². The van der Waals surface area contributed by atoms with Gasteiger partial charge in [-0.25, -0.2) is 23.1 Å². The Morgan fingerprint density at radius 2 is 1.84 bits per heavy atom. The van der Waals surface area contributed by atoms with E-state index in [1.807, 2.05) is 51.1 Å². The fourth-order valence-corrected chi connectivity index (χ4v) is 6.20. The van der Waals surface area contributed by atoms with Gasteiger partial charge < -0.3 is 14.8 Å². The van der Waals surface area contributed by atoms with Gasteiger partial charge in [0.2, 0.25) is 0 Å². The molecule has 2 aliphatic rings. The quantitative estimate of drug-likeness (QED) is 0.307. The van der Waals surface area contributed by atoms with Gasteiger partial charge >= 0.3 is 12.1 Å². The van der Waals surface area contributed by atoms with E-state index in [4.69, 9.17) is 26.2 Å². The standard InChI is InChI=1S/C32H39ClF2N6O4/c1-32(2,3)45-31(43)40-14-8-11-26(40)28-27(33)29(41(38-28)21-9-6-5-7-10-21)37-30(42)36-25-19-39(15-16-44-4)18-22(25)20-12-13-23(34)24(35)17-20/h5-7,9-10,12-13,17,22,25-26H,8,11,14-16,18-19H2,1-4H3,(H2,36,37,42)/t22-,25+,26-/m0/s1. The average Bonchev–Trinajstić information content (AvgIpc) is 3.71. The van der Waals surface area contributed by atoms with E-state index >= 15 is 0 Å². The molecule has 13 heteroatoms. The van der Waals surface area contributed by atoms with Crippen LogP contribution in [0.3, 0.4) is 0 Å². The maximum Gasteiger partial charge on any atom is 0.410 e. The second-order valence-electron chi connectivity index (χ2n) is 12.4. The zero-order chi connectivity index (χ0) is 32.3. The van der Waals surface area contributed by atoms with Gasteiger partial charge in [0.1, 0.15) is 16.3 Å². The number of para-hydroxylation sites is 1. The molecule has 3 atom stereocenters. The minimum absolute atomic E-state index is 0.208. The van der Waals surface area contributed by atoms with Crippen molar-refractivity contribution in [3.05, 3.63) is 76.4 Å². The number of carbonyl (C=O) groups excluding carboxylic acids is 2. The Morgan fingerprint density at radius 3 is 2.53 bits per heavy atom. The van der Waals surface area contributed by atoms with Crippen LogP contribution in [0.4, 0.5) is 24.2 Å². The van der Waals surface area contributed by atoms with Crippen LogP contribution < -0.4 is 10.6 Å². The molecule has 5 rings (SSSR count). The number of methoxy groups -OCH3 is 1. The van der Waals surface area contributed by atoms with Gasteiger partial charge in [-0.2, -0.15) is 5.10 Å². The van der Waals surface area contributed by atoms with E-state index in [9.17, 15) is 18.4 Å². The number of carbonyl (C=O) groups is 2. The molecule has 0 radical (unpaired) electrons. The van der Waals surface area contributed by atoms with E-state index in [-0.39, 0.29) is 16.8 Å². The van der Waals surface area contributed by atoms with Gasteiger partial charge in [-0.05, 0) is 63.4 Å². The number of aromatic nitrogens is 2. The zero-order valence-corrected chi connectivity index (χ0v) is 26.6. The number of amides is 3. The second-order valence-corrected chi connectivity index (χ2v) is 12.7. The number of urea groups is 1. The van der Waals surface area contributed by atoms with Gasteiger partial charge in [0.05, 0.1) is 24.4 Å². The van der Waals surface area contributed by atoms with Crippen LogP contribution in [0.25, 0.3) is 5.69 Å². The summed E-state index contributed by atoms with van der Waals surface area (Å²) in [6.07, 6.45) is 0.921. The van der Waals surface area contributed by atoms with Crippen molar-refractivity contribution >= 4 is 29.5 Å². The predicted octanol–water partition coefficient (Wildman–Crippen LogP) is 6.11. The Morgan fingerprint density at radius 1 is 1.09 bits per heavy atom. The smallest absolute Gasteiger partial charge is 0.410 e. The first-order valence-corrected chi connectivity index (χ1v) is 15.4. The van der Waals surface area contributed by atoms with E-state index in [0.717, 1.165) is 12.5 Å². The minimum Gasteiger partial charge on any atom is -0.444 e. The van der Waals surface area contributed by atoms with Crippen molar-refractivity contribution in [2.24, 2.45) is 0 Å². The molecule has 1 aromatic heterocycles. The van der Waals surface area contributed by atoms with Crippen molar-refractivity contribution in [1.82, 2.24) is 24.9 Å². The van der Waals surface area contributed by atoms with Gasteiger partial charge in [-0.3, -0.25) is 15.1 Å². The molecule has 10 nitrogen and oxygen atoms in total. The summed E-state index contributed by atoms with van der Waals surface area (Å²) in [7, 11) is 1.61. The molecule has 242 valence electrons. The zero-order valence-electron chi connectivity index (χ0n) is 25.9. The fourth-order valence-electron chi connectivity index (χ4n) is 5.91. The van der Waals surface area contributed by atoms with Crippen LogP contribution in [-0.4, -0.2) is 83.2 Å². The molecule has 2 saturated heterocycles. The Kier molecular flexibility index (Phi) is 9.95. The van der Waals surface area contributed by atoms with Gasteiger partial charge in [0.15, 0.2) is 17.5 Å². The van der Waals surface area contributed by atoms with Crippen molar-refractivity contribution in [1.29, 1.82) is 0 Å². The lowest BCUT2D eigenvalue weighted by molar-refractivity contribution is 0.0221. The summed E-state index contributed by atoms with van der Waals surface area (Å²) in [6, 6.07) is 11.6. The molecular formula is C32H39ClF2N6O4. The van der Waals surface area contributed by atoms with Crippen molar-refractivity contribution < 1.29 is 27.8 Å². The van der Waals surface area contributed by atoms with Crippen molar-refractivity contribution in [3.8, 4) is 5.69 Å². The van der Waals surface area contributed by atoms with E-state index in [1.165, 1.54) is 6.07 Å². The molecule has 0 aliphatic carbocycles. The normalized spacial score (nSPS) is 20.4. The Balaban J connectivity index is 1.42. The fraction of sp³-hybridized carbons (Fsp3) is 0.469. The molecule has 3 aromatic rings. The van der Waals surface area contributed by atoms with Gasteiger partial charge in [-0.1, -0.05) is 35.9 Å². The van der Waals surface area contributed by atoms with Crippen molar-refractivity contribution in [2.75, 3.05) is 45.2 Å². The summed E-state index contributed by atoms with van der Waals surface area (Å²) in [4.78, 5) is 30.4. The molecule has 2 aromatic carbocycles. The average molecular weight is 645 g/mol. The molecule has 2 N–H and O–H groups in total. The van der Waals surface area contributed by atoms with E-state index < -0.39 is 41.4 Å². The van der Waals surface area contributed by atoms with Crippen LogP contribution in [0, 0.1) is 11.6 Å². The first kappa shape index (κ1) is 32.6. The number of rotatable bonds is 8. The van der Waals surface area contributed by atoms with E-state index in [1.54, 1.807) is 22.8 Å². The van der Waals surface area contributed by atoms with Crippen molar-refractivity contribution in [3.63, 3.8) is 0 Å². The Labute approximate surface area is 266 Å². The summed E-state index contributed by atoms with van der Waals surface area (Å²) in [5, 5.41) is 10.9. The minimum atomic E-state index is -0.940. The number of halogens is 3. The lowest BCUT2D eigenvalue weighted by Crippen LogP contribution is -2.42. The highest BCUT2D eigenvalue weighted by molar-refractivity contribution is 6.34. The lowest BCUT2D eigenvalue weighted by atomic mass is 9.94. The molecule has 2 aliphatic heterocycles. The third kappa shape index (κ3) is 7.57. The lowest BCUT2D eigenvalue weighted by Gasteiger charge is -2.28. The summed E-state index contributed by atoms with van der Waals surface area (Å²) >= 11 is 6.96. The molecule has 2 fully saturated rings. The third-order valence-corrected chi connectivity index (χ3v) is 8.35. The Hall–Kier alpha value is -3.74. The molecule has 3 heterocycles. The van der Waals surface area contributed by atoms with Crippen molar-refractivity contribution in [2.45, 2.75) is 57.2 Å². The molecular weight excluding hydrogens is 606 g/mol. The number of nitrogens with zero attached hydrogens (tertiary/aromatic N) is 4. The van der Waals surface area contributed by atoms with Crippen LogP contribution >= 0.6 is 11.6 Å². The predicted molar refractivity (Wildman–Crippen MR) is 167 cm³/mol. The molecule has 0 spiro atoms. The monoisotopic (exact) mass is 644 g/mol. The number of hydrogen-bond donors (Lipinski definition) is 2. The molecule has 0 unspecified atom stereocenters. The number of anilines is 1. The summed E-state index contributed by atoms with van der Waals surface area (Å²) in [5.74, 6) is -1.93. The largest absolute Gasteiger partial charge is 0.444 e. The second kappa shape index (κ2) is 13.7. The molecule has 0 bridgehead atoms. The third-order valence-electron chi connectivity index (χ3n) is 7.98. The summed E-state index contributed by atoms with van der Waals surface area (Å²) in [6.45, 7) is 8.02. The Bertz CT molecular complexity index is 1520. The van der Waals surface area contributed by atoms with Crippen LogP contribution in [0.2, 0.25) is 5.02 Å².